The quantitative estimate of drug-likeness (QED) is 0.123. The lowest BCUT2D eigenvalue weighted by atomic mass is 9.69. The summed E-state index contributed by atoms with van der Waals surface area (Å²) in [5.41, 5.74) is 16.7. The highest BCUT2D eigenvalue weighted by Gasteiger charge is 2.51. The first-order chi connectivity index (χ1) is 29.0. The average Bonchev–Trinajstić information content (AvgIpc) is 3.64. The van der Waals surface area contributed by atoms with Crippen molar-refractivity contribution in [1.82, 2.24) is 4.57 Å². The van der Waals surface area contributed by atoms with E-state index in [-0.39, 0.29) is 5.54 Å². The zero-order chi connectivity index (χ0) is 40.1. The first-order valence-electron chi connectivity index (χ1n) is 22.0. The molecule has 0 fully saturated rings. The van der Waals surface area contributed by atoms with Crippen molar-refractivity contribution in [2.45, 2.75) is 77.7 Å². The maximum absolute atomic E-state index is 2.66. The standard InChI is InChI=1S/C57H53N2/c1-5-9-18-39-19-17-23-42(33-39)45-34-44(40-20-11-10-12-21-40)35-46(36-45)43-27-29-51-50-25-15-16-26-54(50)59(55(51)37-43)47-28-30-49-52(38-47)56-48-24-14-13-22-41(48)31-32-58(56)57(7-3,8-4)53(49)6-2/h10-17,19-38,53H,5-9,18H2,1-4H3/q+1. The Hall–Kier alpha value is -6.25. The molecule has 0 amide bonds. The van der Waals surface area contributed by atoms with Gasteiger partial charge in [-0.05, 0) is 118 Å². The summed E-state index contributed by atoms with van der Waals surface area (Å²) in [7, 11) is 0. The summed E-state index contributed by atoms with van der Waals surface area (Å²) in [4.78, 5) is 0. The number of unbranched alkanes of at least 4 members (excludes halogenated alkanes) is 1. The minimum atomic E-state index is 0.0222. The van der Waals surface area contributed by atoms with E-state index >= 15 is 0 Å². The molecular weight excluding hydrogens is 713 g/mol. The van der Waals surface area contributed by atoms with E-state index in [1.165, 1.54) is 107 Å². The van der Waals surface area contributed by atoms with E-state index in [4.69, 9.17) is 0 Å². The molecule has 2 nitrogen and oxygen atoms in total. The lowest BCUT2D eigenvalue weighted by Crippen LogP contribution is -2.62. The van der Waals surface area contributed by atoms with Crippen molar-refractivity contribution in [2.75, 3.05) is 0 Å². The van der Waals surface area contributed by atoms with Crippen LogP contribution in [-0.4, -0.2) is 4.57 Å². The first kappa shape index (κ1) is 37.0. The lowest BCUT2D eigenvalue weighted by Gasteiger charge is -2.40. The topological polar surface area (TPSA) is 8.81 Å². The minimum Gasteiger partial charge on any atom is -0.309 e. The average molecular weight is 766 g/mol. The first-order valence-corrected chi connectivity index (χ1v) is 22.0. The number of nitrogens with zero attached hydrogens (tertiary/aromatic N) is 2. The van der Waals surface area contributed by atoms with Crippen LogP contribution in [0, 0.1) is 0 Å². The Balaban J connectivity index is 1.19. The zero-order valence-electron chi connectivity index (χ0n) is 34.9. The van der Waals surface area contributed by atoms with Crippen LogP contribution in [0.2, 0.25) is 0 Å². The summed E-state index contributed by atoms with van der Waals surface area (Å²) < 4.78 is 5.18. The molecule has 1 atom stereocenters. The zero-order valence-corrected chi connectivity index (χ0v) is 34.9. The Morgan fingerprint density at radius 1 is 0.525 bits per heavy atom. The Labute approximate surface area is 349 Å². The molecule has 0 spiro atoms. The molecule has 0 N–H and O–H groups in total. The van der Waals surface area contributed by atoms with Gasteiger partial charge in [0.15, 0.2) is 11.7 Å². The van der Waals surface area contributed by atoms with E-state index < -0.39 is 0 Å². The molecule has 0 radical (unpaired) electrons. The van der Waals surface area contributed by atoms with Crippen molar-refractivity contribution >= 4 is 32.6 Å². The third kappa shape index (κ3) is 6.11. The number of pyridine rings is 1. The molecule has 0 bridgehead atoms. The van der Waals surface area contributed by atoms with Gasteiger partial charge in [-0.2, -0.15) is 4.57 Å². The van der Waals surface area contributed by atoms with Gasteiger partial charge in [-0.1, -0.05) is 143 Å². The summed E-state index contributed by atoms with van der Waals surface area (Å²) in [6.07, 6.45) is 9.17. The van der Waals surface area contributed by atoms with Gasteiger partial charge < -0.3 is 4.57 Å². The Kier molecular flexibility index (Phi) is 9.52. The molecule has 3 heterocycles. The van der Waals surface area contributed by atoms with Crippen LogP contribution >= 0.6 is 0 Å². The van der Waals surface area contributed by atoms with Gasteiger partial charge in [0.1, 0.15) is 0 Å². The number of rotatable bonds is 10. The van der Waals surface area contributed by atoms with Crippen LogP contribution in [0.1, 0.15) is 76.8 Å². The number of hydrogen-bond acceptors (Lipinski definition) is 0. The lowest BCUT2D eigenvalue weighted by molar-refractivity contribution is -0.761. The fourth-order valence-corrected chi connectivity index (χ4v) is 10.7. The maximum atomic E-state index is 2.66. The number of para-hydroxylation sites is 1. The molecular formula is C57H53N2+. The molecule has 0 saturated heterocycles. The summed E-state index contributed by atoms with van der Waals surface area (Å²) in [6.45, 7) is 9.42. The molecule has 7 aromatic carbocycles. The molecule has 2 heteroatoms. The maximum Gasteiger partial charge on any atom is 0.221 e. The molecule has 1 aliphatic heterocycles. The van der Waals surface area contributed by atoms with Gasteiger partial charge in [-0.25, -0.2) is 0 Å². The van der Waals surface area contributed by atoms with Crippen LogP contribution in [0.15, 0.2) is 170 Å². The smallest absolute Gasteiger partial charge is 0.221 e. The van der Waals surface area contributed by atoms with Gasteiger partial charge in [0.2, 0.25) is 5.69 Å². The van der Waals surface area contributed by atoms with E-state index in [1.807, 2.05) is 0 Å². The summed E-state index contributed by atoms with van der Waals surface area (Å²) >= 11 is 0. The largest absolute Gasteiger partial charge is 0.309 e. The van der Waals surface area contributed by atoms with Crippen LogP contribution in [0.3, 0.4) is 0 Å². The highest BCUT2D eigenvalue weighted by molar-refractivity contribution is 6.10. The molecule has 10 rings (SSSR count). The van der Waals surface area contributed by atoms with Gasteiger partial charge in [0, 0.05) is 41.3 Å². The van der Waals surface area contributed by atoms with Crippen molar-refractivity contribution in [3.8, 4) is 50.3 Å². The van der Waals surface area contributed by atoms with Crippen LogP contribution in [0.5, 0.6) is 0 Å². The van der Waals surface area contributed by atoms with Crippen molar-refractivity contribution < 1.29 is 4.57 Å². The Morgan fingerprint density at radius 2 is 1.20 bits per heavy atom. The number of fused-ring (bicyclic) bond motifs is 8. The van der Waals surface area contributed by atoms with E-state index in [9.17, 15) is 0 Å². The molecule has 0 saturated carbocycles. The predicted molar refractivity (Wildman–Crippen MR) is 250 cm³/mol. The number of hydrogen-bond donors (Lipinski definition) is 0. The van der Waals surface area contributed by atoms with Gasteiger partial charge >= 0.3 is 0 Å². The molecule has 1 unspecified atom stereocenters. The number of benzene rings is 7. The second-order valence-electron chi connectivity index (χ2n) is 16.7. The second kappa shape index (κ2) is 15.2. The summed E-state index contributed by atoms with van der Waals surface area (Å²) in [6, 6.07) is 61.9. The molecule has 290 valence electrons. The number of aryl methyl sites for hydroxylation is 1. The number of aromatic nitrogens is 2. The Morgan fingerprint density at radius 3 is 1.97 bits per heavy atom. The fourth-order valence-electron chi connectivity index (χ4n) is 10.7. The van der Waals surface area contributed by atoms with E-state index in [0.29, 0.717) is 5.92 Å². The van der Waals surface area contributed by atoms with Crippen molar-refractivity contribution in [3.63, 3.8) is 0 Å². The van der Waals surface area contributed by atoms with Crippen LogP contribution in [0.4, 0.5) is 0 Å². The van der Waals surface area contributed by atoms with E-state index in [2.05, 4.69) is 207 Å². The Bertz CT molecular complexity index is 3000. The van der Waals surface area contributed by atoms with Gasteiger partial charge in [-0.15, -0.1) is 0 Å². The van der Waals surface area contributed by atoms with Gasteiger partial charge in [0.05, 0.1) is 22.0 Å². The third-order valence-electron chi connectivity index (χ3n) is 13.7. The van der Waals surface area contributed by atoms with E-state index in [1.54, 1.807) is 0 Å². The SMILES string of the molecule is CCCCc1cccc(-c2cc(-c3ccccc3)cc(-c3ccc4c5ccccc5n(-c5ccc6c(c5)-c5c7ccccc7cc[n+]5C(CC)(CC)C6CC)c4c3)c2)c1. The second-order valence-corrected chi connectivity index (χ2v) is 16.7. The molecule has 2 aromatic heterocycles. The fraction of sp³-hybridized carbons (Fsp3) is 0.211. The monoisotopic (exact) mass is 765 g/mol. The van der Waals surface area contributed by atoms with Gasteiger partial charge in [0.25, 0.3) is 0 Å². The molecule has 9 aromatic rings. The minimum absolute atomic E-state index is 0.0222. The third-order valence-corrected chi connectivity index (χ3v) is 13.7. The predicted octanol–water partition coefficient (Wildman–Crippen LogP) is 15.3. The van der Waals surface area contributed by atoms with Crippen LogP contribution in [-0.2, 0) is 12.0 Å². The highest BCUT2D eigenvalue weighted by Crippen LogP contribution is 2.49. The summed E-state index contributed by atoms with van der Waals surface area (Å²) in [5, 5.41) is 5.16. The molecule has 0 aliphatic carbocycles. The normalized spacial score (nSPS) is 14.5. The van der Waals surface area contributed by atoms with Crippen molar-refractivity contribution in [1.29, 1.82) is 0 Å². The van der Waals surface area contributed by atoms with Crippen LogP contribution < -0.4 is 4.57 Å². The molecule has 1 aliphatic rings. The van der Waals surface area contributed by atoms with Crippen LogP contribution in [0.25, 0.3) is 82.9 Å². The summed E-state index contributed by atoms with van der Waals surface area (Å²) in [5.74, 6) is 0.420. The highest BCUT2D eigenvalue weighted by atomic mass is 15.1. The van der Waals surface area contributed by atoms with Gasteiger partial charge in [-0.3, -0.25) is 0 Å². The molecule has 59 heavy (non-hydrogen) atoms. The van der Waals surface area contributed by atoms with Crippen molar-refractivity contribution in [3.05, 3.63) is 181 Å². The van der Waals surface area contributed by atoms with Crippen molar-refractivity contribution in [2.24, 2.45) is 0 Å². The van der Waals surface area contributed by atoms with E-state index in [0.717, 1.165) is 25.7 Å².